The predicted octanol–water partition coefficient (Wildman–Crippen LogP) is 1.68. The van der Waals surface area contributed by atoms with E-state index >= 15 is 0 Å². The monoisotopic (exact) mass is 287 g/mol. The summed E-state index contributed by atoms with van der Waals surface area (Å²) in [4.78, 5) is 11.3. The fourth-order valence-corrected chi connectivity index (χ4v) is 1.83. The summed E-state index contributed by atoms with van der Waals surface area (Å²) in [6.45, 7) is 0.971. The first-order valence-electron chi connectivity index (χ1n) is 6.30. The van der Waals surface area contributed by atoms with Gasteiger partial charge in [0.05, 0.1) is 20.1 Å². The van der Waals surface area contributed by atoms with Crippen molar-refractivity contribution in [1.82, 2.24) is 5.32 Å². The van der Waals surface area contributed by atoms with Crippen molar-refractivity contribution in [3.8, 4) is 0 Å². The summed E-state index contributed by atoms with van der Waals surface area (Å²) in [5.41, 5.74) is 0.226. The van der Waals surface area contributed by atoms with E-state index in [-0.39, 0.29) is 24.4 Å². The number of rotatable bonds is 8. The summed E-state index contributed by atoms with van der Waals surface area (Å²) < 4.78 is 36.2. The van der Waals surface area contributed by atoms with Crippen LogP contribution in [0.15, 0.2) is 18.2 Å². The number of carbonyl (C=O) groups excluding carboxylic acids is 1. The van der Waals surface area contributed by atoms with E-state index in [4.69, 9.17) is 4.74 Å². The minimum atomic E-state index is -0.505. The van der Waals surface area contributed by atoms with E-state index in [9.17, 15) is 13.6 Å². The zero-order valence-corrected chi connectivity index (χ0v) is 11.6. The average molecular weight is 287 g/mol. The molecule has 0 aliphatic heterocycles. The summed E-state index contributed by atoms with van der Waals surface area (Å²) in [7, 11) is 2.85. The molecule has 0 saturated heterocycles. The third-order valence-electron chi connectivity index (χ3n) is 2.85. The van der Waals surface area contributed by atoms with Crippen molar-refractivity contribution in [3.63, 3.8) is 0 Å². The fourth-order valence-electron chi connectivity index (χ4n) is 1.83. The van der Waals surface area contributed by atoms with E-state index < -0.39 is 17.6 Å². The van der Waals surface area contributed by atoms with Crippen molar-refractivity contribution in [1.29, 1.82) is 0 Å². The van der Waals surface area contributed by atoms with Gasteiger partial charge in [-0.2, -0.15) is 0 Å². The third kappa shape index (κ3) is 5.63. The highest BCUT2D eigenvalue weighted by atomic mass is 19.1. The van der Waals surface area contributed by atoms with Crippen LogP contribution in [0.3, 0.4) is 0 Å². The van der Waals surface area contributed by atoms with Crippen molar-refractivity contribution >= 4 is 5.97 Å². The molecular weight excluding hydrogens is 268 g/mol. The topological polar surface area (TPSA) is 47.6 Å². The number of esters is 1. The van der Waals surface area contributed by atoms with Gasteiger partial charge >= 0.3 is 5.97 Å². The van der Waals surface area contributed by atoms with Gasteiger partial charge < -0.3 is 14.8 Å². The zero-order valence-electron chi connectivity index (χ0n) is 11.6. The Balaban J connectivity index is 2.71. The molecule has 1 atom stereocenters. The normalized spacial score (nSPS) is 12.2. The second-order valence-corrected chi connectivity index (χ2v) is 4.36. The number of halogens is 2. The number of ether oxygens (including phenoxy) is 2. The van der Waals surface area contributed by atoms with E-state index in [0.29, 0.717) is 13.2 Å². The van der Waals surface area contributed by atoms with Gasteiger partial charge in [0.15, 0.2) is 0 Å². The van der Waals surface area contributed by atoms with Crippen LogP contribution >= 0.6 is 0 Å². The molecule has 1 aromatic carbocycles. The van der Waals surface area contributed by atoms with Crippen LogP contribution in [0.5, 0.6) is 0 Å². The number of hydrogen-bond acceptors (Lipinski definition) is 4. The lowest BCUT2D eigenvalue weighted by atomic mass is 10.0. The molecule has 0 amide bonds. The molecule has 1 rings (SSSR count). The molecule has 20 heavy (non-hydrogen) atoms. The van der Waals surface area contributed by atoms with Gasteiger partial charge in [0.1, 0.15) is 11.6 Å². The average Bonchev–Trinajstić information content (AvgIpc) is 2.42. The number of carbonyl (C=O) groups is 1. The Morgan fingerprint density at radius 3 is 2.75 bits per heavy atom. The van der Waals surface area contributed by atoms with Crippen LogP contribution in [0.1, 0.15) is 12.0 Å². The lowest BCUT2D eigenvalue weighted by Crippen LogP contribution is -2.36. The Labute approximate surface area is 117 Å². The van der Waals surface area contributed by atoms with E-state index in [1.807, 2.05) is 0 Å². The lowest BCUT2D eigenvalue weighted by molar-refractivity contribution is -0.141. The molecule has 0 spiro atoms. The van der Waals surface area contributed by atoms with E-state index in [0.717, 1.165) is 18.2 Å². The molecule has 4 nitrogen and oxygen atoms in total. The van der Waals surface area contributed by atoms with Crippen LogP contribution in [0.25, 0.3) is 0 Å². The first-order chi connectivity index (χ1) is 9.56. The molecule has 112 valence electrons. The van der Waals surface area contributed by atoms with Crippen LogP contribution in [0, 0.1) is 11.6 Å². The molecule has 6 heteroatoms. The lowest BCUT2D eigenvalue weighted by Gasteiger charge is -2.18. The van der Waals surface area contributed by atoms with Gasteiger partial charge in [-0.3, -0.25) is 4.79 Å². The highest BCUT2D eigenvalue weighted by molar-refractivity contribution is 5.70. The smallest absolute Gasteiger partial charge is 0.307 e. The Morgan fingerprint density at radius 2 is 2.10 bits per heavy atom. The second-order valence-electron chi connectivity index (χ2n) is 4.36. The summed E-state index contributed by atoms with van der Waals surface area (Å²) >= 11 is 0. The van der Waals surface area contributed by atoms with Gasteiger partial charge in [-0.1, -0.05) is 0 Å². The van der Waals surface area contributed by atoms with E-state index in [2.05, 4.69) is 10.1 Å². The molecule has 1 aromatic rings. The molecule has 0 radical (unpaired) electrons. The molecule has 1 N–H and O–H groups in total. The third-order valence-corrected chi connectivity index (χ3v) is 2.85. The quantitative estimate of drug-likeness (QED) is 0.584. The van der Waals surface area contributed by atoms with Crippen LogP contribution < -0.4 is 5.32 Å². The predicted molar refractivity (Wildman–Crippen MR) is 70.4 cm³/mol. The minimum absolute atomic E-state index is 0.0795. The molecule has 0 bridgehead atoms. The summed E-state index contributed by atoms with van der Waals surface area (Å²) in [6.07, 6.45) is 0.276. The summed E-state index contributed by atoms with van der Waals surface area (Å²) in [6, 6.07) is 2.94. The first kappa shape index (κ1) is 16.5. The molecule has 0 aliphatic carbocycles. The van der Waals surface area contributed by atoms with Crippen LogP contribution in [-0.2, 0) is 20.7 Å². The standard InChI is InChI=1S/C14H19F2NO3/c1-19-6-5-17-12(9-14(18)20-2)8-10-7-11(15)3-4-13(10)16/h3-4,7,12,17H,5-6,8-9H2,1-2H3. The Morgan fingerprint density at radius 1 is 1.35 bits per heavy atom. The van der Waals surface area contributed by atoms with Gasteiger partial charge in [0.2, 0.25) is 0 Å². The van der Waals surface area contributed by atoms with Crippen molar-refractivity contribution in [2.45, 2.75) is 18.9 Å². The highest BCUT2D eigenvalue weighted by Crippen LogP contribution is 2.13. The van der Waals surface area contributed by atoms with Crippen molar-refractivity contribution < 1.29 is 23.0 Å². The Bertz CT molecular complexity index is 440. The Hall–Kier alpha value is -1.53. The molecule has 0 saturated carbocycles. The van der Waals surface area contributed by atoms with Gasteiger partial charge in [0.25, 0.3) is 0 Å². The Kier molecular flexibility index (Phi) is 7.11. The molecule has 0 fully saturated rings. The number of nitrogens with one attached hydrogen (secondary N) is 1. The van der Waals surface area contributed by atoms with Crippen molar-refractivity contribution in [3.05, 3.63) is 35.4 Å². The van der Waals surface area contributed by atoms with Crippen LogP contribution in [0.4, 0.5) is 8.78 Å². The SMILES string of the molecule is COCCNC(CC(=O)OC)Cc1cc(F)ccc1F. The molecule has 0 heterocycles. The minimum Gasteiger partial charge on any atom is -0.469 e. The maximum absolute atomic E-state index is 13.6. The number of benzene rings is 1. The van der Waals surface area contributed by atoms with Gasteiger partial charge in [-0.25, -0.2) is 8.78 Å². The van der Waals surface area contributed by atoms with E-state index in [1.165, 1.54) is 7.11 Å². The number of hydrogen-bond donors (Lipinski definition) is 1. The van der Waals surface area contributed by atoms with Crippen LogP contribution in [-0.4, -0.2) is 39.4 Å². The molecule has 0 aromatic heterocycles. The van der Waals surface area contributed by atoms with Crippen LogP contribution in [0.2, 0.25) is 0 Å². The largest absolute Gasteiger partial charge is 0.469 e. The second kappa shape index (κ2) is 8.60. The summed E-state index contributed by atoms with van der Waals surface area (Å²) in [5, 5.41) is 3.07. The van der Waals surface area contributed by atoms with Gasteiger partial charge in [-0.15, -0.1) is 0 Å². The summed E-state index contributed by atoms with van der Waals surface area (Å²) in [5.74, 6) is -1.40. The van der Waals surface area contributed by atoms with Gasteiger partial charge in [0, 0.05) is 19.7 Å². The number of methoxy groups -OCH3 is 2. The maximum Gasteiger partial charge on any atom is 0.307 e. The molecule has 0 aliphatic rings. The van der Waals surface area contributed by atoms with Crippen molar-refractivity contribution in [2.24, 2.45) is 0 Å². The first-order valence-corrected chi connectivity index (χ1v) is 6.30. The van der Waals surface area contributed by atoms with E-state index in [1.54, 1.807) is 7.11 Å². The van der Waals surface area contributed by atoms with Crippen molar-refractivity contribution in [2.75, 3.05) is 27.4 Å². The zero-order chi connectivity index (χ0) is 15.0. The van der Waals surface area contributed by atoms with Gasteiger partial charge in [-0.05, 0) is 30.2 Å². The highest BCUT2D eigenvalue weighted by Gasteiger charge is 2.16. The maximum atomic E-state index is 13.6. The molecule has 1 unspecified atom stereocenters. The molecular formula is C14H19F2NO3. The fraction of sp³-hybridized carbons (Fsp3) is 0.500.